The molecule has 0 bridgehead atoms. The van der Waals surface area contributed by atoms with Crippen LogP contribution in [0.15, 0.2) is 42.5 Å². The number of halogens is 6. The molecular weight excluding hydrogens is 554 g/mol. The first-order chi connectivity index (χ1) is 18.9. The van der Waals surface area contributed by atoms with Crippen LogP contribution in [0.1, 0.15) is 73.8 Å². The standard InChI is InChI=1S/C30H36F6O5/c1-5-27(6-2,23-12-13-25(20(4)17-23)41-18-24(37)8-7-9-26(38)39)22-11-10-21(19(3)16-22)14-15-28(40,29(31,32)33)30(34,35)36/h10-17,24,37,40H,5-9,18H2,1-4H3,(H,38,39)/t24-/m0/s1. The molecule has 41 heavy (non-hydrogen) atoms. The molecule has 0 aliphatic heterocycles. The molecule has 0 radical (unpaired) electrons. The SMILES string of the molecule is CCC(CC)(c1ccc(C=CC(O)(C(F)(F)F)C(F)(F)F)c(C)c1)c1ccc(OC[C@@H](O)CCCC(=O)O)c(C)c1. The van der Waals surface area contributed by atoms with Crippen LogP contribution in [0, 0.1) is 13.8 Å². The molecule has 0 aliphatic rings. The average molecular weight is 591 g/mol. The summed E-state index contributed by atoms with van der Waals surface area (Å²) in [6, 6.07) is 10.4. The number of aliphatic hydroxyl groups is 2. The number of benzene rings is 2. The van der Waals surface area contributed by atoms with Crippen molar-refractivity contribution in [3.63, 3.8) is 0 Å². The second kappa shape index (κ2) is 13.3. The number of carboxylic acids is 1. The van der Waals surface area contributed by atoms with E-state index in [0.29, 0.717) is 36.7 Å². The summed E-state index contributed by atoms with van der Waals surface area (Å²) in [7, 11) is 0. The fourth-order valence-electron chi connectivity index (χ4n) is 4.82. The number of rotatable bonds is 13. The van der Waals surface area contributed by atoms with Gasteiger partial charge >= 0.3 is 18.3 Å². The van der Waals surface area contributed by atoms with Crippen molar-refractivity contribution in [3.8, 4) is 5.75 Å². The van der Waals surface area contributed by atoms with Crippen LogP contribution in [-0.4, -0.2) is 52.0 Å². The first-order valence-corrected chi connectivity index (χ1v) is 13.2. The number of aryl methyl sites for hydroxylation is 2. The van der Waals surface area contributed by atoms with E-state index in [2.05, 4.69) is 0 Å². The molecule has 2 rings (SSSR count). The highest BCUT2D eigenvalue weighted by Gasteiger charge is 2.68. The maximum Gasteiger partial charge on any atom is 0.430 e. The van der Waals surface area contributed by atoms with Crippen LogP contribution in [0.25, 0.3) is 6.08 Å². The van der Waals surface area contributed by atoms with Crippen molar-refractivity contribution >= 4 is 12.0 Å². The zero-order valence-corrected chi connectivity index (χ0v) is 23.4. The van der Waals surface area contributed by atoms with Crippen molar-refractivity contribution in [1.29, 1.82) is 0 Å². The maximum absolute atomic E-state index is 13.1. The number of alkyl halides is 6. The summed E-state index contributed by atoms with van der Waals surface area (Å²) < 4.78 is 84.1. The van der Waals surface area contributed by atoms with E-state index in [1.54, 1.807) is 25.1 Å². The lowest BCUT2D eigenvalue weighted by Gasteiger charge is -2.34. The van der Waals surface area contributed by atoms with Gasteiger partial charge < -0.3 is 20.1 Å². The molecule has 0 aliphatic carbocycles. The van der Waals surface area contributed by atoms with E-state index >= 15 is 0 Å². The largest absolute Gasteiger partial charge is 0.491 e. The Bertz CT molecular complexity index is 1200. The maximum atomic E-state index is 13.1. The van der Waals surface area contributed by atoms with Crippen LogP contribution in [-0.2, 0) is 10.2 Å². The molecular formula is C30H36F6O5. The predicted octanol–water partition coefficient (Wildman–Crippen LogP) is 7.27. The third-order valence-electron chi connectivity index (χ3n) is 7.48. The first-order valence-electron chi connectivity index (χ1n) is 13.2. The van der Waals surface area contributed by atoms with Crippen LogP contribution >= 0.6 is 0 Å². The summed E-state index contributed by atoms with van der Waals surface area (Å²) in [4.78, 5) is 10.6. The van der Waals surface area contributed by atoms with Gasteiger partial charge in [-0.2, -0.15) is 26.3 Å². The van der Waals surface area contributed by atoms with E-state index in [1.165, 1.54) is 6.07 Å². The van der Waals surface area contributed by atoms with Gasteiger partial charge in [0.05, 0.1) is 6.10 Å². The third-order valence-corrected chi connectivity index (χ3v) is 7.48. The Morgan fingerprint density at radius 2 is 1.46 bits per heavy atom. The summed E-state index contributed by atoms with van der Waals surface area (Å²) in [5.41, 5.74) is -2.42. The molecule has 2 aromatic carbocycles. The van der Waals surface area contributed by atoms with E-state index in [9.17, 15) is 41.4 Å². The van der Waals surface area contributed by atoms with Gasteiger partial charge in [0, 0.05) is 11.8 Å². The van der Waals surface area contributed by atoms with Crippen LogP contribution in [0.2, 0.25) is 0 Å². The molecule has 5 nitrogen and oxygen atoms in total. The molecule has 0 unspecified atom stereocenters. The molecule has 0 aromatic heterocycles. The Kier molecular flexibility index (Phi) is 11.1. The number of carboxylic acid groups (broad SMARTS) is 1. The topological polar surface area (TPSA) is 87.0 Å². The zero-order chi connectivity index (χ0) is 31.2. The molecule has 0 amide bonds. The lowest BCUT2D eigenvalue weighted by molar-refractivity contribution is -0.347. The molecule has 0 spiro atoms. The minimum Gasteiger partial charge on any atom is -0.491 e. The number of carbonyl (C=O) groups is 1. The van der Waals surface area contributed by atoms with Crippen molar-refractivity contribution in [2.45, 2.75) is 89.3 Å². The molecule has 0 heterocycles. The van der Waals surface area contributed by atoms with Gasteiger partial charge in [-0.1, -0.05) is 50.3 Å². The van der Waals surface area contributed by atoms with E-state index in [0.717, 1.165) is 16.7 Å². The molecule has 228 valence electrons. The third kappa shape index (κ3) is 7.82. The van der Waals surface area contributed by atoms with E-state index in [-0.39, 0.29) is 31.1 Å². The lowest BCUT2D eigenvalue weighted by Crippen LogP contribution is -2.55. The smallest absolute Gasteiger partial charge is 0.430 e. The first kappa shape index (κ1) is 34.2. The zero-order valence-electron chi connectivity index (χ0n) is 23.4. The van der Waals surface area contributed by atoms with Crippen LogP contribution in [0.4, 0.5) is 26.3 Å². The quantitative estimate of drug-likeness (QED) is 0.214. The lowest BCUT2D eigenvalue weighted by atomic mass is 9.70. The number of hydrogen-bond acceptors (Lipinski definition) is 4. The van der Waals surface area contributed by atoms with Crippen molar-refractivity contribution in [3.05, 3.63) is 70.3 Å². The molecule has 0 fully saturated rings. The fourth-order valence-corrected chi connectivity index (χ4v) is 4.82. The minimum absolute atomic E-state index is 0.00151. The van der Waals surface area contributed by atoms with Gasteiger partial charge in [0.1, 0.15) is 12.4 Å². The Labute approximate surface area is 235 Å². The van der Waals surface area contributed by atoms with Crippen molar-refractivity contribution in [2.24, 2.45) is 0 Å². The normalized spacial score (nSPS) is 14.0. The highest BCUT2D eigenvalue weighted by atomic mass is 19.4. The number of ether oxygens (including phenoxy) is 1. The fraction of sp³-hybridized carbons (Fsp3) is 0.500. The van der Waals surface area contributed by atoms with Gasteiger partial charge in [0.2, 0.25) is 0 Å². The second-order valence-corrected chi connectivity index (χ2v) is 10.2. The Morgan fingerprint density at radius 3 is 1.93 bits per heavy atom. The van der Waals surface area contributed by atoms with Crippen LogP contribution in [0.3, 0.4) is 0 Å². The summed E-state index contributed by atoms with van der Waals surface area (Å²) in [5.74, 6) is -0.387. The van der Waals surface area contributed by atoms with Crippen molar-refractivity contribution < 1.29 is 51.2 Å². The van der Waals surface area contributed by atoms with E-state index < -0.39 is 35.4 Å². The number of aliphatic hydroxyl groups excluding tert-OH is 1. The molecule has 2 aromatic rings. The van der Waals surface area contributed by atoms with E-state index in [4.69, 9.17) is 9.84 Å². The monoisotopic (exact) mass is 590 g/mol. The van der Waals surface area contributed by atoms with Gasteiger partial charge in [-0.3, -0.25) is 4.79 Å². The van der Waals surface area contributed by atoms with Crippen molar-refractivity contribution in [2.75, 3.05) is 6.61 Å². The van der Waals surface area contributed by atoms with Crippen LogP contribution in [0.5, 0.6) is 5.75 Å². The van der Waals surface area contributed by atoms with Gasteiger partial charge in [-0.15, -0.1) is 0 Å². The Hall–Kier alpha value is -3.05. The molecule has 11 heteroatoms. The summed E-state index contributed by atoms with van der Waals surface area (Å²) in [5, 5.41) is 28.2. The van der Waals surface area contributed by atoms with Gasteiger partial charge in [0.25, 0.3) is 5.60 Å². The molecule has 3 N–H and O–H groups in total. The summed E-state index contributed by atoms with van der Waals surface area (Å²) in [6.07, 6.45) is -10.5. The molecule has 0 saturated carbocycles. The molecule has 1 atom stereocenters. The number of hydrogen-bond donors (Lipinski definition) is 3. The van der Waals surface area contributed by atoms with Crippen LogP contribution < -0.4 is 4.74 Å². The Morgan fingerprint density at radius 1 is 0.927 bits per heavy atom. The number of aliphatic carboxylic acids is 1. The highest BCUT2D eigenvalue weighted by molar-refractivity contribution is 5.66. The molecule has 0 saturated heterocycles. The predicted molar refractivity (Wildman–Crippen MR) is 143 cm³/mol. The van der Waals surface area contributed by atoms with Gasteiger partial charge in [-0.25, -0.2) is 0 Å². The van der Waals surface area contributed by atoms with Crippen molar-refractivity contribution in [1.82, 2.24) is 0 Å². The average Bonchev–Trinajstić information content (AvgIpc) is 2.87. The summed E-state index contributed by atoms with van der Waals surface area (Å²) in [6.45, 7) is 7.37. The van der Waals surface area contributed by atoms with E-state index in [1.807, 2.05) is 32.9 Å². The van der Waals surface area contributed by atoms with Gasteiger partial charge in [-0.05, 0) is 79.5 Å². The summed E-state index contributed by atoms with van der Waals surface area (Å²) >= 11 is 0. The highest BCUT2D eigenvalue weighted by Crippen LogP contribution is 2.45. The second-order valence-electron chi connectivity index (χ2n) is 10.2. The van der Waals surface area contributed by atoms with Gasteiger partial charge in [0.15, 0.2) is 0 Å². The minimum atomic E-state index is -5.94. The Balaban J connectivity index is 2.34.